The second-order valence-electron chi connectivity index (χ2n) is 9.37. The number of unbranched alkanes of at least 4 members (excludes halogenated alkanes) is 5. The second kappa shape index (κ2) is 14.1. The Kier molecular flexibility index (Phi) is 10.1. The third-order valence-corrected chi connectivity index (χ3v) is 6.49. The molecule has 0 aliphatic carbocycles. The van der Waals surface area contributed by atoms with E-state index in [4.69, 9.17) is 14.2 Å². The summed E-state index contributed by atoms with van der Waals surface area (Å²) in [6, 6.07) is 39.9. The lowest BCUT2D eigenvalue weighted by Crippen LogP contribution is -2.53. The molecule has 0 radical (unpaired) electrons. The average Bonchev–Trinajstić information content (AvgIpc) is 2.95. The molecular weight excluding hydrogens is 456 g/mol. The van der Waals surface area contributed by atoms with E-state index in [0.717, 1.165) is 18.4 Å². The van der Waals surface area contributed by atoms with Gasteiger partial charge < -0.3 is 14.2 Å². The molecule has 192 valence electrons. The van der Waals surface area contributed by atoms with Crippen molar-refractivity contribution in [3.05, 3.63) is 127 Å². The van der Waals surface area contributed by atoms with Crippen molar-refractivity contribution in [1.29, 1.82) is 0 Å². The lowest BCUT2D eigenvalue weighted by molar-refractivity contribution is -0.269. The third-order valence-electron chi connectivity index (χ3n) is 6.49. The van der Waals surface area contributed by atoms with Crippen LogP contribution in [0.5, 0.6) is 17.2 Å². The summed E-state index contributed by atoms with van der Waals surface area (Å²) in [5.74, 6) is 0.477. The molecule has 4 rings (SSSR count). The van der Waals surface area contributed by atoms with Crippen LogP contribution < -0.4 is 14.2 Å². The van der Waals surface area contributed by atoms with E-state index >= 15 is 0 Å². The Labute approximate surface area is 222 Å². The monoisotopic (exact) mass is 494 g/mol. The molecule has 0 aromatic heterocycles. The fourth-order valence-corrected chi connectivity index (χ4v) is 4.60. The van der Waals surface area contributed by atoms with Crippen LogP contribution in [0.3, 0.4) is 0 Å². The van der Waals surface area contributed by atoms with E-state index in [0.29, 0.717) is 17.2 Å². The molecule has 0 saturated heterocycles. The Morgan fingerprint density at radius 3 is 1.30 bits per heavy atom. The third kappa shape index (κ3) is 7.88. The molecule has 1 atom stereocenters. The SMILES string of the molecule is CCCCCCCCC(c1ccccc1)C(Oc1ccccc1)(Oc1ccccc1)Oc1ccccc1. The molecule has 3 heteroatoms. The lowest BCUT2D eigenvalue weighted by Gasteiger charge is -2.40. The number of para-hydroxylation sites is 3. The van der Waals surface area contributed by atoms with Crippen molar-refractivity contribution in [1.82, 2.24) is 0 Å². The van der Waals surface area contributed by atoms with Crippen LogP contribution in [0, 0.1) is 0 Å². The molecule has 4 aromatic carbocycles. The van der Waals surface area contributed by atoms with E-state index in [-0.39, 0.29) is 5.92 Å². The minimum Gasteiger partial charge on any atom is -0.420 e. The highest BCUT2D eigenvalue weighted by molar-refractivity contribution is 5.30. The van der Waals surface area contributed by atoms with E-state index in [2.05, 4.69) is 31.2 Å². The van der Waals surface area contributed by atoms with Gasteiger partial charge in [0.05, 0.1) is 0 Å². The van der Waals surface area contributed by atoms with Gasteiger partial charge in [-0.05, 0) is 48.4 Å². The van der Waals surface area contributed by atoms with Crippen LogP contribution in [-0.2, 0) is 0 Å². The van der Waals surface area contributed by atoms with Crippen molar-refractivity contribution in [2.75, 3.05) is 0 Å². The molecule has 0 bridgehead atoms. The van der Waals surface area contributed by atoms with E-state index in [1.807, 2.05) is 97.1 Å². The van der Waals surface area contributed by atoms with Gasteiger partial charge in [-0.2, -0.15) is 0 Å². The number of rotatable bonds is 15. The number of ether oxygens (including phenoxy) is 3. The van der Waals surface area contributed by atoms with Crippen LogP contribution >= 0.6 is 0 Å². The van der Waals surface area contributed by atoms with Crippen molar-refractivity contribution in [2.24, 2.45) is 0 Å². The maximum absolute atomic E-state index is 6.78. The normalized spacial score (nSPS) is 12.0. The molecule has 0 aliphatic heterocycles. The molecule has 0 spiro atoms. The predicted octanol–water partition coefficient (Wildman–Crippen LogP) is 9.41. The summed E-state index contributed by atoms with van der Waals surface area (Å²) in [6.07, 6.45) is 8.14. The number of hydrogen-bond donors (Lipinski definition) is 0. The lowest BCUT2D eigenvalue weighted by atomic mass is 9.90. The topological polar surface area (TPSA) is 27.7 Å². The summed E-state index contributed by atoms with van der Waals surface area (Å²) in [7, 11) is 0. The van der Waals surface area contributed by atoms with Gasteiger partial charge in [0.15, 0.2) is 0 Å². The van der Waals surface area contributed by atoms with Gasteiger partial charge in [0.1, 0.15) is 23.2 Å². The van der Waals surface area contributed by atoms with Gasteiger partial charge in [-0.3, -0.25) is 0 Å². The van der Waals surface area contributed by atoms with E-state index in [9.17, 15) is 0 Å². The van der Waals surface area contributed by atoms with Gasteiger partial charge in [0.2, 0.25) is 0 Å². The zero-order chi connectivity index (χ0) is 25.6. The molecule has 0 N–H and O–H groups in total. The fraction of sp³-hybridized carbons (Fsp3) is 0.294. The zero-order valence-corrected chi connectivity index (χ0v) is 21.8. The standard InChI is InChI=1S/C34H38O3/c1-2-3-4-5-6-19-28-33(29-20-11-7-12-21-29)34(35-30-22-13-8-14-23-30,36-31-24-15-9-16-25-31)37-32-26-17-10-18-27-32/h7-18,20-27,33H,2-6,19,28H2,1H3. The quantitative estimate of drug-likeness (QED) is 0.122. The molecule has 4 aromatic rings. The van der Waals surface area contributed by atoms with Gasteiger partial charge in [-0.1, -0.05) is 130 Å². The first kappa shape index (κ1) is 26.3. The van der Waals surface area contributed by atoms with Gasteiger partial charge in [0.25, 0.3) is 0 Å². The van der Waals surface area contributed by atoms with Crippen LogP contribution in [0.1, 0.15) is 63.4 Å². The summed E-state index contributed by atoms with van der Waals surface area (Å²) in [4.78, 5) is 0. The highest BCUT2D eigenvalue weighted by atomic mass is 16.9. The van der Waals surface area contributed by atoms with Gasteiger partial charge in [0, 0.05) is 0 Å². The minimum atomic E-state index is -1.42. The van der Waals surface area contributed by atoms with Crippen LogP contribution in [0.25, 0.3) is 0 Å². The first-order valence-corrected chi connectivity index (χ1v) is 13.6. The molecule has 0 amide bonds. The smallest absolute Gasteiger partial charge is 0.420 e. The van der Waals surface area contributed by atoms with E-state index in [1.165, 1.54) is 32.1 Å². The summed E-state index contributed by atoms with van der Waals surface area (Å²) in [5, 5.41) is 0. The highest BCUT2D eigenvalue weighted by Gasteiger charge is 2.48. The Bertz CT molecular complexity index is 1030. The Balaban J connectivity index is 1.76. The van der Waals surface area contributed by atoms with Crippen molar-refractivity contribution in [3.8, 4) is 17.2 Å². The fourth-order valence-electron chi connectivity index (χ4n) is 4.60. The molecule has 37 heavy (non-hydrogen) atoms. The highest BCUT2D eigenvalue weighted by Crippen LogP contribution is 2.40. The Morgan fingerprint density at radius 1 is 0.486 bits per heavy atom. The van der Waals surface area contributed by atoms with E-state index in [1.54, 1.807) is 0 Å². The van der Waals surface area contributed by atoms with Crippen molar-refractivity contribution < 1.29 is 14.2 Å². The maximum atomic E-state index is 6.78. The molecule has 0 aliphatic rings. The summed E-state index contributed by atoms with van der Waals surface area (Å²) in [6.45, 7) is 2.25. The first-order chi connectivity index (χ1) is 18.3. The van der Waals surface area contributed by atoms with Crippen LogP contribution in [-0.4, -0.2) is 5.97 Å². The second-order valence-corrected chi connectivity index (χ2v) is 9.37. The summed E-state index contributed by atoms with van der Waals surface area (Å²) < 4.78 is 20.3. The van der Waals surface area contributed by atoms with Gasteiger partial charge >= 0.3 is 5.97 Å². The van der Waals surface area contributed by atoms with Gasteiger partial charge in [-0.25, -0.2) is 0 Å². The predicted molar refractivity (Wildman–Crippen MR) is 151 cm³/mol. The summed E-state index contributed by atoms with van der Waals surface area (Å²) in [5.41, 5.74) is 1.12. The molecule has 0 heterocycles. The molecule has 0 saturated carbocycles. The Hall–Kier alpha value is -3.72. The molecule has 0 fully saturated rings. The average molecular weight is 495 g/mol. The Morgan fingerprint density at radius 2 is 0.865 bits per heavy atom. The molecular formula is C34H38O3. The molecule has 3 nitrogen and oxygen atoms in total. The number of hydrogen-bond acceptors (Lipinski definition) is 3. The van der Waals surface area contributed by atoms with E-state index < -0.39 is 5.97 Å². The van der Waals surface area contributed by atoms with Crippen LogP contribution in [0.4, 0.5) is 0 Å². The van der Waals surface area contributed by atoms with Crippen molar-refractivity contribution >= 4 is 0 Å². The summed E-state index contributed by atoms with van der Waals surface area (Å²) >= 11 is 0. The van der Waals surface area contributed by atoms with Crippen LogP contribution in [0.15, 0.2) is 121 Å². The zero-order valence-electron chi connectivity index (χ0n) is 21.8. The van der Waals surface area contributed by atoms with Crippen molar-refractivity contribution in [2.45, 2.75) is 63.8 Å². The van der Waals surface area contributed by atoms with Crippen LogP contribution in [0.2, 0.25) is 0 Å². The molecule has 1 unspecified atom stereocenters. The minimum absolute atomic E-state index is 0.180. The maximum Gasteiger partial charge on any atom is 0.424 e. The van der Waals surface area contributed by atoms with Crippen molar-refractivity contribution in [3.63, 3.8) is 0 Å². The largest absolute Gasteiger partial charge is 0.424 e. The number of benzene rings is 4. The first-order valence-electron chi connectivity index (χ1n) is 13.6. The van der Waals surface area contributed by atoms with Gasteiger partial charge in [-0.15, -0.1) is 0 Å².